The average molecular weight is 487 g/mol. The van der Waals surface area contributed by atoms with Crippen molar-refractivity contribution in [1.82, 2.24) is 4.90 Å². The number of rotatable bonds is 9. The highest BCUT2D eigenvalue weighted by atomic mass is 35.5. The molecule has 0 unspecified atom stereocenters. The molecule has 0 bridgehead atoms. The molecule has 7 nitrogen and oxygen atoms in total. The van der Waals surface area contributed by atoms with E-state index in [9.17, 15) is 14.4 Å². The van der Waals surface area contributed by atoms with Crippen LogP contribution in [0.5, 0.6) is 11.5 Å². The van der Waals surface area contributed by atoms with Gasteiger partial charge in [0.15, 0.2) is 11.5 Å². The molecular formula is C24H23ClN2O5S. The second-order valence-electron chi connectivity index (χ2n) is 7.05. The summed E-state index contributed by atoms with van der Waals surface area (Å²) < 4.78 is 11.2. The van der Waals surface area contributed by atoms with Gasteiger partial charge in [-0.1, -0.05) is 36.4 Å². The van der Waals surface area contributed by atoms with E-state index in [2.05, 4.69) is 11.9 Å². The number of aryl methyl sites for hydroxylation is 1. The zero-order valence-electron chi connectivity index (χ0n) is 18.2. The zero-order valence-corrected chi connectivity index (χ0v) is 19.8. The number of anilines is 1. The van der Waals surface area contributed by atoms with E-state index in [1.807, 2.05) is 26.0 Å². The molecule has 2 aromatic rings. The predicted octanol–water partition coefficient (Wildman–Crippen LogP) is 5.29. The van der Waals surface area contributed by atoms with E-state index in [1.54, 1.807) is 30.3 Å². The van der Waals surface area contributed by atoms with Gasteiger partial charge in [-0.2, -0.15) is 0 Å². The number of carbonyl (C=O) groups is 3. The van der Waals surface area contributed by atoms with Gasteiger partial charge in [-0.05, 0) is 67.1 Å². The molecule has 9 heteroatoms. The first kappa shape index (κ1) is 24.4. The highest BCUT2D eigenvalue weighted by Crippen LogP contribution is 2.39. The molecule has 1 fully saturated rings. The molecule has 1 heterocycles. The number of benzene rings is 2. The standard InChI is InChI=1S/C24H23ClN2O5S/c1-4-9-32-22-18(25)11-16(12-19(22)31-5-2)13-20-23(29)27(24(30)33-20)14-21(28)26-17-8-6-7-15(3)10-17/h4,6-8,10-13H,1,5,9,14H2,2-3H3,(H,26,28)/b20-13+. The third-order valence-electron chi connectivity index (χ3n) is 4.45. The SMILES string of the molecule is C=CCOc1c(Cl)cc(/C=C2/SC(=O)N(CC(=O)Nc3cccc(C)c3)C2=O)cc1OCC. The molecule has 1 aliphatic rings. The predicted molar refractivity (Wildman–Crippen MR) is 131 cm³/mol. The molecule has 172 valence electrons. The van der Waals surface area contributed by atoms with Gasteiger partial charge in [-0.15, -0.1) is 0 Å². The van der Waals surface area contributed by atoms with Crippen molar-refractivity contribution in [3.8, 4) is 11.5 Å². The van der Waals surface area contributed by atoms with E-state index in [1.165, 1.54) is 6.08 Å². The number of hydrogen-bond acceptors (Lipinski definition) is 6. The molecule has 0 saturated carbocycles. The minimum Gasteiger partial charge on any atom is -0.490 e. The van der Waals surface area contributed by atoms with E-state index in [0.717, 1.165) is 22.2 Å². The van der Waals surface area contributed by atoms with Gasteiger partial charge in [0.25, 0.3) is 11.1 Å². The molecule has 0 atom stereocenters. The van der Waals surface area contributed by atoms with Crippen molar-refractivity contribution in [2.75, 3.05) is 25.1 Å². The number of hydrogen-bond donors (Lipinski definition) is 1. The van der Waals surface area contributed by atoms with Crippen LogP contribution in [0.3, 0.4) is 0 Å². The number of halogens is 1. The Labute approximate surface area is 201 Å². The smallest absolute Gasteiger partial charge is 0.294 e. The van der Waals surface area contributed by atoms with Gasteiger partial charge in [-0.25, -0.2) is 0 Å². The Morgan fingerprint density at radius 1 is 1.24 bits per heavy atom. The minimum atomic E-state index is -0.551. The highest BCUT2D eigenvalue weighted by Gasteiger charge is 2.36. The zero-order chi connectivity index (χ0) is 24.0. The van der Waals surface area contributed by atoms with Gasteiger partial charge < -0.3 is 14.8 Å². The van der Waals surface area contributed by atoms with Crippen LogP contribution in [-0.4, -0.2) is 41.7 Å². The number of ether oxygens (including phenoxy) is 2. The van der Waals surface area contributed by atoms with Crippen LogP contribution < -0.4 is 14.8 Å². The number of imide groups is 1. The Bertz CT molecular complexity index is 1130. The maximum Gasteiger partial charge on any atom is 0.294 e. The molecule has 2 aromatic carbocycles. The monoisotopic (exact) mass is 486 g/mol. The summed E-state index contributed by atoms with van der Waals surface area (Å²) >= 11 is 7.11. The van der Waals surface area contributed by atoms with Crippen molar-refractivity contribution in [1.29, 1.82) is 0 Å². The van der Waals surface area contributed by atoms with Crippen molar-refractivity contribution < 1.29 is 23.9 Å². The summed E-state index contributed by atoms with van der Waals surface area (Å²) in [6.45, 7) is 7.60. The molecule has 3 rings (SSSR count). The topological polar surface area (TPSA) is 84.9 Å². The second-order valence-corrected chi connectivity index (χ2v) is 8.45. The van der Waals surface area contributed by atoms with Crippen LogP contribution in [0.1, 0.15) is 18.1 Å². The summed E-state index contributed by atoms with van der Waals surface area (Å²) in [5.41, 5.74) is 2.14. The highest BCUT2D eigenvalue weighted by molar-refractivity contribution is 8.18. The average Bonchev–Trinajstić information content (AvgIpc) is 3.00. The first-order valence-corrected chi connectivity index (χ1v) is 11.3. The maximum absolute atomic E-state index is 12.8. The number of thioether (sulfide) groups is 1. The van der Waals surface area contributed by atoms with Crippen molar-refractivity contribution in [2.24, 2.45) is 0 Å². The molecule has 1 saturated heterocycles. The minimum absolute atomic E-state index is 0.182. The quantitative estimate of drug-likeness (QED) is 0.383. The summed E-state index contributed by atoms with van der Waals surface area (Å²) in [7, 11) is 0. The third-order valence-corrected chi connectivity index (χ3v) is 5.64. The Morgan fingerprint density at radius 3 is 2.73 bits per heavy atom. The first-order valence-electron chi connectivity index (χ1n) is 10.1. The van der Waals surface area contributed by atoms with Gasteiger partial charge >= 0.3 is 0 Å². The molecular weight excluding hydrogens is 464 g/mol. The molecule has 0 spiro atoms. The van der Waals surface area contributed by atoms with Crippen LogP contribution in [0.4, 0.5) is 10.5 Å². The van der Waals surface area contributed by atoms with Crippen molar-refractivity contribution >= 4 is 52.2 Å². The number of nitrogens with zero attached hydrogens (tertiary/aromatic N) is 1. The lowest BCUT2D eigenvalue weighted by Crippen LogP contribution is -2.36. The summed E-state index contributed by atoms with van der Waals surface area (Å²) in [6, 6.07) is 10.5. The Kier molecular flexibility index (Phi) is 8.19. The van der Waals surface area contributed by atoms with Gasteiger partial charge in [0.1, 0.15) is 13.2 Å². The normalized spacial score (nSPS) is 14.5. The fourth-order valence-electron chi connectivity index (χ4n) is 3.07. The van der Waals surface area contributed by atoms with Gasteiger partial charge in [-0.3, -0.25) is 19.3 Å². The van der Waals surface area contributed by atoms with E-state index < -0.39 is 17.1 Å². The van der Waals surface area contributed by atoms with E-state index >= 15 is 0 Å². The molecule has 3 amide bonds. The molecule has 1 aliphatic heterocycles. The third kappa shape index (κ3) is 6.18. The Hall–Kier alpha value is -3.23. The largest absolute Gasteiger partial charge is 0.490 e. The van der Waals surface area contributed by atoms with Crippen LogP contribution in [0.2, 0.25) is 5.02 Å². The fourth-order valence-corrected chi connectivity index (χ4v) is 4.18. The molecule has 0 radical (unpaired) electrons. The molecule has 33 heavy (non-hydrogen) atoms. The summed E-state index contributed by atoms with van der Waals surface area (Å²) in [6.07, 6.45) is 3.13. The lowest BCUT2D eigenvalue weighted by molar-refractivity contribution is -0.127. The van der Waals surface area contributed by atoms with Gasteiger partial charge in [0.05, 0.1) is 16.5 Å². The molecule has 0 aromatic heterocycles. The van der Waals surface area contributed by atoms with E-state index in [-0.39, 0.29) is 18.1 Å². The van der Waals surface area contributed by atoms with Crippen LogP contribution >= 0.6 is 23.4 Å². The van der Waals surface area contributed by atoms with Crippen molar-refractivity contribution in [3.05, 3.63) is 70.1 Å². The first-order chi connectivity index (χ1) is 15.8. The van der Waals surface area contributed by atoms with Crippen LogP contribution in [0.15, 0.2) is 54.0 Å². The van der Waals surface area contributed by atoms with Crippen molar-refractivity contribution in [3.63, 3.8) is 0 Å². The fraction of sp³-hybridized carbons (Fsp3) is 0.208. The Morgan fingerprint density at radius 2 is 2.03 bits per heavy atom. The Balaban J connectivity index is 1.77. The van der Waals surface area contributed by atoms with E-state index in [0.29, 0.717) is 34.4 Å². The number of carbonyl (C=O) groups excluding carboxylic acids is 3. The summed E-state index contributed by atoms with van der Waals surface area (Å²) in [5, 5.41) is 2.47. The van der Waals surface area contributed by atoms with Gasteiger partial charge in [0, 0.05) is 5.69 Å². The second kappa shape index (κ2) is 11.1. The molecule has 1 N–H and O–H groups in total. The van der Waals surface area contributed by atoms with Crippen molar-refractivity contribution in [2.45, 2.75) is 13.8 Å². The van der Waals surface area contributed by atoms with Crippen LogP contribution in [0.25, 0.3) is 6.08 Å². The van der Waals surface area contributed by atoms with E-state index in [4.69, 9.17) is 21.1 Å². The van der Waals surface area contributed by atoms with Gasteiger partial charge in [0.2, 0.25) is 5.91 Å². The lowest BCUT2D eigenvalue weighted by atomic mass is 10.1. The van der Waals surface area contributed by atoms with Crippen LogP contribution in [-0.2, 0) is 9.59 Å². The number of nitrogens with one attached hydrogen (secondary N) is 1. The summed E-state index contributed by atoms with van der Waals surface area (Å²) in [4.78, 5) is 38.7. The lowest BCUT2D eigenvalue weighted by Gasteiger charge is -2.14. The summed E-state index contributed by atoms with van der Waals surface area (Å²) in [5.74, 6) is -0.230. The maximum atomic E-state index is 12.8. The number of amides is 3. The molecule has 0 aliphatic carbocycles. The van der Waals surface area contributed by atoms with Crippen LogP contribution in [0, 0.1) is 6.92 Å².